The molecule has 1 saturated carbocycles. The number of fused-ring (bicyclic) bond motifs is 1. The van der Waals surface area contributed by atoms with Crippen molar-refractivity contribution in [1.29, 1.82) is 0 Å². The average Bonchev–Trinajstić information content (AvgIpc) is 2.74. The number of benzene rings is 1. The highest BCUT2D eigenvalue weighted by Crippen LogP contribution is 2.38. The zero-order valence-corrected chi connectivity index (χ0v) is 17.4. The first-order chi connectivity index (χ1) is 14.0. The Labute approximate surface area is 172 Å². The predicted octanol–water partition coefficient (Wildman–Crippen LogP) is 4.46. The molecule has 4 rings (SSSR count). The molecule has 0 unspecified atom stereocenters. The molecule has 0 atom stereocenters. The summed E-state index contributed by atoms with van der Waals surface area (Å²) >= 11 is 0. The third-order valence-corrected chi connectivity index (χ3v) is 6.24. The van der Waals surface area contributed by atoms with E-state index in [1.807, 2.05) is 25.3 Å². The van der Waals surface area contributed by atoms with Gasteiger partial charge in [0.25, 0.3) is 5.56 Å². The van der Waals surface area contributed by atoms with Crippen LogP contribution in [0.5, 0.6) is 5.75 Å². The normalized spacial score (nSPS) is 17.0. The van der Waals surface area contributed by atoms with Crippen molar-refractivity contribution in [2.45, 2.75) is 58.3 Å². The summed E-state index contributed by atoms with van der Waals surface area (Å²) in [5.41, 5.74) is 4.82. The molecule has 1 aromatic heterocycles. The summed E-state index contributed by atoms with van der Waals surface area (Å²) < 4.78 is 7.93. The summed E-state index contributed by atoms with van der Waals surface area (Å²) in [6.45, 7) is 2.70. The fraction of sp³-hybridized carbons (Fsp3) is 0.500. The summed E-state index contributed by atoms with van der Waals surface area (Å²) in [5.74, 6) is 1.39. The van der Waals surface area contributed by atoms with E-state index in [4.69, 9.17) is 4.74 Å². The van der Waals surface area contributed by atoms with Crippen molar-refractivity contribution >= 4 is 11.6 Å². The quantitative estimate of drug-likeness (QED) is 0.815. The van der Waals surface area contributed by atoms with E-state index in [-0.39, 0.29) is 11.5 Å². The van der Waals surface area contributed by atoms with E-state index in [0.29, 0.717) is 31.8 Å². The van der Waals surface area contributed by atoms with E-state index in [1.54, 1.807) is 11.6 Å². The molecule has 1 amide bonds. The van der Waals surface area contributed by atoms with Gasteiger partial charge < -0.3 is 14.6 Å². The largest absolute Gasteiger partial charge is 0.491 e. The maximum absolute atomic E-state index is 12.3. The number of pyridine rings is 1. The minimum absolute atomic E-state index is 0.0446. The van der Waals surface area contributed by atoms with Gasteiger partial charge in [-0.2, -0.15) is 0 Å². The summed E-state index contributed by atoms with van der Waals surface area (Å²) in [6.07, 6.45) is 10.1. The maximum Gasteiger partial charge on any atom is 0.253 e. The summed E-state index contributed by atoms with van der Waals surface area (Å²) in [5, 5.41) is 3.02. The molecule has 5 nitrogen and oxygen atoms in total. The average molecular weight is 395 g/mol. The van der Waals surface area contributed by atoms with E-state index in [2.05, 4.69) is 11.4 Å². The number of aromatic nitrogens is 1. The molecule has 2 aromatic rings. The second-order valence-corrected chi connectivity index (χ2v) is 8.40. The van der Waals surface area contributed by atoms with Gasteiger partial charge in [0.15, 0.2) is 0 Å². The number of carbonyl (C=O) groups excluding carboxylic acids is 1. The fourth-order valence-electron chi connectivity index (χ4n) is 4.50. The van der Waals surface area contributed by atoms with Crippen LogP contribution in [0.3, 0.4) is 0 Å². The summed E-state index contributed by atoms with van der Waals surface area (Å²) in [4.78, 5) is 24.3. The van der Waals surface area contributed by atoms with Crippen molar-refractivity contribution < 1.29 is 9.53 Å². The number of carbonyl (C=O) groups is 1. The van der Waals surface area contributed by atoms with E-state index in [0.717, 1.165) is 33.7 Å². The van der Waals surface area contributed by atoms with Crippen molar-refractivity contribution in [2.75, 3.05) is 11.9 Å². The Balaban J connectivity index is 1.71. The lowest BCUT2D eigenvalue weighted by Gasteiger charge is -2.25. The number of nitrogens with zero attached hydrogens (tertiary/aromatic N) is 1. The number of anilines is 1. The highest BCUT2D eigenvalue weighted by atomic mass is 16.5. The Hall–Kier alpha value is -2.56. The summed E-state index contributed by atoms with van der Waals surface area (Å²) in [7, 11) is 1.80. The van der Waals surface area contributed by atoms with E-state index < -0.39 is 0 Å². The van der Waals surface area contributed by atoms with E-state index >= 15 is 0 Å². The zero-order valence-electron chi connectivity index (χ0n) is 17.4. The van der Waals surface area contributed by atoms with Gasteiger partial charge in [-0.1, -0.05) is 26.2 Å². The molecule has 5 heteroatoms. The van der Waals surface area contributed by atoms with E-state index in [9.17, 15) is 9.59 Å². The molecule has 1 aliphatic carbocycles. The van der Waals surface area contributed by atoms with Crippen LogP contribution in [-0.2, 0) is 24.7 Å². The second-order valence-electron chi connectivity index (χ2n) is 8.40. The molecule has 1 fully saturated rings. The number of ether oxygens (including phenoxy) is 1. The SMILES string of the molecule is CCc1cc(-c2cc3c(c(OCC4CCCCC4)c2)NC(=O)CC3)cn(C)c1=O. The van der Waals surface area contributed by atoms with Crippen LogP contribution in [0, 0.1) is 5.92 Å². The Bertz CT molecular complexity index is 971. The van der Waals surface area contributed by atoms with Crippen molar-refractivity contribution in [2.24, 2.45) is 13.0 Å². The van der Waals surface area contributed by atoms with Gasteiger partial charge in [0.2, 0.25) is 5.91 Å². The van der Waals surface area contributed by atoms with Crippen molar-refractivity contribution in [3.63, 3.8) is 0 Å². The van der Waals surface area contributed by atoms with Crippen molar-refractivity contribution in [3.05, 3.63) is 45.9 Å². The third kappa shape index (κ3) is 4.24. The van der Waals surface area contributed by atoms with Crippen LogP contribution in [0.1, 0.15) is 56.6 Å². The first kappa shape index (κ1) is 19.7. The van der Waals surface area contributed by atoms with Crippen LogP contribution in [0.15, 0.2) is 29.2 Å². The third-order valence-electron chi connectivity index (χ3n) is 6.24. The minimum Gasteiger partial charge on any atom is -0.491 e. The Morgan fingerprint density at radius 1 is 1.07 bits per heavy atom. The summed E-state index contributed by atoms with van der Waals surface area (Å²) in [6, 6.07) is 6.13. The first-order valence-electron chi connectivity index (χ1n) is 10.8. The molecule has 2 aliphatic rings. The van der Waals surface area contributed by atoms with Gasteiger partial charge in [0.1, 0.15) is 5.75 Å². The molecule has 0 spiro atoms. The lowest BCUT2D eigenvalue weighted by atomic mass is 9.90. The molecule has 154 valence electrons. The molecule has 0 bridgehead atoms. The molecule has 0 saturated heterocycles. The predicted molar refractivity (Wildman–Crippen MR) is 116 cm³/mol. The second kappa shape index (κ2) is 8.44. The van der Waals surface area contributed by atoms with Gasteiger partial charge >= 0.3 is 0 Å². The van der Waals surface area contributed by atoms with Crippen molar-refractivity contribution in [3.8, 4) is 16.9 Å². The van der Waals surface area contributed by atoms with Crippen LogP contribution in [0.25, 0.3) is 11.1 Å². The maximum atomic E-state index is 12.3. The van der Waals surface area contributed by atoms with Crippen LogP contribution < -0.4 is 15.6 Å². The Morgan fingerprint density at radius 2 is 1.86 bits per heavy atom. The molecular formula is C24H30N2O3. The van der Waals surface area contributed by atoms with Crippen LogP contribution in [0.4, 0.5) is 5.69 Å². The number of nitrogens with one attached hydrogen (secondary N) is 1. The Kier molecular flexibility index (Phi) is 5.74. The lowest BCUT2D eigenvalue weighted by molar-refractivity contribution is -0.116. The van der Waals surface area contributed by atoms with Gasteiger partial charge in [-0.3, -0.25) is 9.59 Å². The number of hydrogen-bond acceptors (Lipinski definition) is 3. The van der Waals surface area contributed by atoms with Crippen LogP contribution >= 0.6 is 0 Å². The standard InChI is InChI=1S/C24H30N2O3/c1-3-17-11-20(14-26(2)24(17)28)19-12-18-9-10-22(27)25-23(18)21(13-19)29-15-16-7-5-4-6-8-16/h11-14,16H,3-10,15H2,1-2H3,(H,25,27). The molecule has 1 aromatic carbocycles. The number of aryl methyl sites for hydroxylation is 3. The van der Waals surface area contributed by atoms with Crippen LogP contribution in [0.2, 0.25) is 0 Å². The van der Waals surface area contributed by atoms with Gasteiger partial charge in [-0.15, -0.1) is 0 Å². The molecule has 29 heavy (non-hydrogen) atoms. The van der Waals surface area contributed by atoms with Gasteiger partial charge in [0, 0.05) is 25.2 Å². The first-order valence-corrected chi connectivity index (χ1v) is 10.8. The number of hydrogen-bond donors (Lipinski definition) is 1. The zero-order chi connectivity index (χ0) is 20.4. The van der Waals surface area contributed by atoms with E-state index in [1.165, 1.54) is 32.1 Å². The fourth-order valence-corrected chi connectivity index (χ4v) is 4.50. The lowest BCUT2D eigenvalue weighted by Crippen LogP contribution is -2.22. The number of amides is 1. The molecular weight excluding hydrogens is 364 g/mol. The van der Waals surface area contributed by atoms with Crippen LogP contribution in [-0.4, -0.2) is 17.1 Å². The van der Waals surface area contributed by atoms with Crippen molar-refractivity contribution in [1.82, 2.24) is 4.57 Å². The van der Waals surface area contributed by atoms with Gasteiger partial charge in [-0.25, -0.2) is 0 Å². The molecule has 1 aliphatic heterocycles. The smallest absolute Gasteiger partial charge is 0.253 e. The monoisotopic (exact) mass is 394 g/mol. The molecule has 2 heterocycles. The highest BCUT2D eigenvalue weighted by Gasteiger charge is 2.22. The highest BCUT2D eigenvalue weighted by molar-refractivity contribution is 5.96. The topological polar surface area (TPSA) is 60.3 Å². The minimum atomic E-state index is 0.0446. The number of rotatable bonds is 5. The van der Waals surface area contributed by atoms with Gasteiger partial charge in [0.05, 0.1) is 12.3 Å². The Morgan fingerprint density at radius 3 is 2.62 bits per heavy atom. The molecule has 1 N–H and O–H groups in total. The van der Waals surface area contributed by atoms with Gasteiger partial charge in [-0.05, 0) is 66.5 Å². The molecule has 0 radical (unpaired) electrons.